The topological polar surface area (TPSA) is 0 Å². The van der Waals surface area contributed by atoms with Gasteiger partial charge in [0.15, 0.2) is 0 Å². The number of halogens is 3. The van der Waals surface area contributed by atoms with Gasteiger partial charge in [0.25, 0.3) is 0 Å². The summed E-state index contributed by atoms with van der Waals surface area (Å²) in [5.74, 6) is 0. The molecule has 90 valence electrons. The molecule has 0 bridgehead atoms. The van der Waals surface area contributed by atoms with Gasteiger partial charge in [0, 0.05) is 0 Å². The van der Waals surface area contributed by atoms with E-state index in [2.05, 4.69) is 66.0 Å². The van der Waals surface area contributed by atoms with Crippen molar-refractivity contribution in [3.63, 3.8) is 0 Å². The second-order valence-corrected chi connectivity index (χ2v) is 16.6. The van der Waals surface area contributed by atoms with E-state index in [1.807, 2.05) is 0 Å². The van der Waals surface area contributed by atoms with Crippen molar-refractivity contribution in [1.29, 1.82) is 0 Å². The van der Waals surface area contributed by atoms with E-state index in [4.69, 9.17) is 0 Å². The quantitative estimate of drug-likeness (QED) is 0.251. The van der Waals surface area contributed by atoms with Gasteiger partial charge in [-0.3, -0.25) is 0 Å². The monoisotopic (exact) mass is 624 g/mol. The fraction of sp³-hybridized carbons (Fsp3) is 0. The van der Waals surface area contributed by atoms with Crippen molar-refractivity contribution in [2.75, 3.05) is 0 Å². The normalized spacial score (nSPS) is 12.2. The van der Waals surface area contributed by atoms with Crippen LogP contribution in [0.3, 0.4) is 0 Å². The van der Waals surface area contributed by atoms with Crippen LogP contribution in [-0.2, 0) is 0 Å². The minimum atomic E-state index is 0.462. The molecule has 3 heterocycles. The molecule has 0 nitrogen and oxygen atoms in total. The van der Waals surface area contributed by atoms with E-state index >= 15 is 0 Å². The Morgan fingerprint density at radius 2 is 0.833 bits per heavy atom. The Labute approximate surface area is 146 Å². The van der Waals surface area contributed by atoms with Crippen LogP contribution in [0, 0.1) is 0 Å². The number of hydrogen-bond acceptors (Lipinski definition) is 0. The molecule has 6 heteroatoms. The molecule has 0 radical (unpaired) electrons. The van der Waals surface area contributed by atoms with Crippen LogP contribution >= 0.6 is 47.8 Å². The van der Waals surface area contributed by atoms with Crippen LogP contribution in [0.15, 0.2) is 28.2 Å². The first-order valence-corrected chi connectivity index (χ1v) is 12.5. The molecular weight excluding hydrogens is 621 g/mol. The SMILES string of the molecule is Brc1cc2c([se]1)c1cc(Br)[se]c1c1cc(Br)[se]c21. The predicted molar refractivity (Wildman–Crippen MR) is 92.9 cm³/mol. The number of hydrogen-bond donors (Lipinski definition) is 0. The van der Waals surface area contributed by atoms with Crippen molar-refractivity contribution < 1.29 is 0 Å². The summed E-state index contributed by atoms with van der Waals surface area (Å²) in [6.45, 7) is 0. The van der Waals surface area contributed by atoms with E-state index in [9.17, 15) is 0 Å². The third-order valence-corrected chi connectivity index (χ3v) is 12.1. The molecule has 0 saturated heterocycles. The van der Waals surface area contributed by atoms with Gasteiger partial charge in [0.2, 0.25) is 0 Å². The molecule has 0 unspecified atom stereocenters. The summed E-state index contributed by atoms with van der Waals surface area (Å²) in [4.78, 5) is 0. The second-order valence-electron chi connectivity index (χ2n) is 3.88. The zero-order valence-electron chi connectivity index (χ0n) is 8.59. The van der Waals surface area contributed by atoms with Crippen molar-refractivity contribution in [2.24, 2.45) is 0 Å². The summed E-state index contributed by atoms with van der Waals surface area (Å²) >= 11 is 12.5. The molecular formula is C12H3Br3Se3. The molecule has 0 aliphatic heterocycles. The molecule has 18 heavy (non-hydrogen) atoms. The first kappa shape index (κ1) is 13.1. The number of rotatable bonds is 0. The molecule has 3 aromatic heterocycles. The van der Waals surface area contributed by atoms with Crippen molar-refractivity contribution in [1.82, 2.24) is 0 Å². The molecule has 0 fully saturated rings. The van der Waals surface area contributed by atoms with Crippen LogP contribution in [0.1, 0.15) is 0 Å². The molecule has 0 amide bonds. The van der Waals surface area contributed by atoms with E-state index in [1.165, 1.54) is 26.2 Å². The summed E-state index contributed by atoms with van der Waals surface area (Å²) in [5, 5.41) is 4.53. The van der Waals surface area contributed by atoms with E-state index in [1.54, 1.807) is 12.8 Å². The Balaban J connectivity index is 2.43. The summed E-state index contributed by atoms with van der Waals surface area (Å²) in [6, 6.07) is 7.05. The van der Waals surface area contributed by atoms with Crippen LogP contribution in [0.2, 0.25) is 0 Å². The predicted octanol–water partition coefficient (Wildman–Crippen LogP) is 4.60. The fourth-order valence-corrected chi connectivity index (χ4v) is 12.1. The minimum absolute atomic E-state index is 0.462. The van der Waals surface area contributed by atoms with Gasteiger partial charge in [-0.05, 0) is 0 Å². The average Bonchev–Trinajstić information content (AvgIpc) is 2.93. The van der Waals surface area contributed by atoms with Crippen molar-refractivity contribution in [3.05, 3.63) is 28.2 Å². The fourth-order valence-electron chi connectivity index (χ4n) is 2.19. The van der Waals surface area contributed by atoms with Gasteiger partial charge in [0.1, 0.15) is 0 Å². The van der Waals surface area contributed by atoms with Gasteiger partial charge in [-0.25, -0.2) is 0 Å². The number of benzene rings is 1. The summed E-state index contributed by atoms with van der Waals surface area (Å²) in [5.41, 5.74) is 0. The van der Waals surface area contributed by atoms with Gasteiger partial charge in [0.05, 0.1) is 0 Å². The molecule has 0 spiro atoms. The zero-order valence-corrected chi connectivity index (χ0v) is 18.5. The van der Waals surface area contributed by atoms with Gasteiger partial charge in [-0.15, -0.1) is 0 Å². The van der Waals surface area contributed by atoms with E-state index < -0.39 is 0 Å². The average molecular weight is 624 g/mol. The van der Waals surface area contributed by atoms with Gasteiger partial charge in [-0.1, -0.05) is 0 Å². The zero-order chi connectivity index (χ0) is 12.4. The Kier molecular flexibility index (Phi) is 3.45. The van der Waals surface area contributed by atoms with Gasteiger partial charge >= 0.3 is 148 Å². The molecule has 0 saturated carbocycles. The Morgan fingerprint density at radius 3 is 1.11 bits per heavy atom. The molecule has 1 aromatic carbocycles. The Morgan fingerprint density at radius 1 is 0.556 bits per heavy atom. The van der Waals surface area contributed by atoms with Crippen molar-refractivity contribution in [3.8, 4) is 0 Å². The molecule has 4 rings (SSSR count). The third kappa shape index (κ3) is 1.93. The molecule has 0 N–H and O–H groups in total. The maximum atomic E-state index is 3.71. The molecule has 0 aliphatic rings. The van der Waals surface area contributed by atoms with Crippen molar-refractivity contribution >= 4 is 120 Å². The summed E-state index contributed by atoms with van der Waals surface area (Å²) in [7, 11) is 0. The van der Waals surface area contributed by atoms with Crippen molar-refractivity contribution in [2.45, 2.75) is 0 Å². The first-order valence-electron chi connectivity index (χ1n) is 5.02. The van der Waals surface area contributed by atoms with Crippen LogP contribution in [-0.4, -0.2) is 43.5 Å². The first-order chi connectivity index (χ1) is 8.63. The third-order valence-electron chi connectivity index (χ3n) is 2.84. The van der Waals surface area contributed by atoms with Crippen LogP contribution in [0.5, 0.6) is 0 Å². The second kappa shape index (κ2) is 4.73. The number of fused-ring (bicyclic) bond motifs is 6. The van der Waals surface area contributed by atoms with Crippen LogP contribution < -0.4 is 0 Å². The summed E-state index contributed by atoms with van der Waals surface area (Å²) in [6.07, 6.45) is 0. The van der Waals surface area contributed by atoms with Gasteiger partial charge < -0.3 is 0 Å². The summed E-state index contributed by atoms with van der Waals surface area (Å²) < 4.78 is 8.92. The standard InChI is InChI=1S/C12H3Br3Se3/c13-7-1-4-10(16-7)5-2-9(15)18-12(5)6-3-8(14)17-11(4)6/h1-3H. The van der Waals surface area contributed by atoms with Crippen LogP contribution in [0.4, 0.5) is 0 Å². The van der Waals surface area contributed by atoms with E-state index in [-0.39, 0.29) is 0 Å². The van der Waals surface area contributed by atoms with Crippen LogP contribution in [0.25, 0.3) is 28.9 Å². The van der Waals surface area contributed by atoms with Gasteiger partial charge in [-0.2, -0.15) is 0 Å². The van der Waals surface area contributed by atoms with E-state index in [0.717, 1.165) is 0 Å². The molecule has 0 atom stereocenters. The Hall–Kier alpha value is 1.44. The molecule has 0 aliphatic carbocycles. The maximum absolute atomic E-state index is 3.71. The van der Waals surface area contributed by atoms with E-state index in [0.29, 0.717) is 43.5 Å². The Bertz CT molecular complexity index is 695. The molecule has 4 aromatic rings.